The number of nitrogens with zero attached hydrogens (tertiary/aromatic N) is 5. The number of hydrogen-bond donors (Lipinski definition) is 3. The van der Waals surface area contributed by atoms with E-state index >= 15 is 0 Å². The number of amides is 7. The normalized spacial score (nSPS) is 20.2. The molecule has 7 amide bonds. The average Bonchev–Trinajstić information content (AvgIpc) is 1.63. The highest BCUT2D eigenvalue weighted by Gasteiger charge is 2.58. The molecule has 4 aromatic rings. The maximum absolute atomic E-state index is 14.5. The lowest BCUT2D eigenvalue weighted by Crippen LogP contribution is -2.54. The Bertz CT molecular complexity index is 3370. The highest BCUT2D eigenvalue weighted by molar-refractivity contribution is 6.08. The van der Waals surface area contributed by atoms with Crippen LogP contribution >= 0.6 is 0 Å². The van der Waals surface area contributed by atoms with E-state index in [4.69, 9.17) is 37.9 Å². The molecule has 1 unspecified atom stereocenters. The highest BCUT2D eigenvalue weighted by Crippen LogP contribution is 2.57. The van der Waals surface area contributed by atoms with Crippen molar-refractivity contribution in [2.24, 2.45) is 11.3 Å². The first-order chi connectivity index (χ1) is 42.5. The zero-order valence-corrected chi connectivity index (χ0v) is 50.2. The zero-order valence-electron chi connectivity index (χ0n) is 50.2. The van der Waals surface area contributed by atoms with Crippen LogP contribution in [0.2, 0.25) is 0 Å². The van der Waals surface area contributed by atoms with E-state index in [1.165, 1.54) is 48.3 Å². The van der Waals surface area contributed by atoms with Crippen molar-refractivity contribution in [2.45, 2.75) is 102 Å². The lowest BCUT2D eigenvalue weighted by Gasteiger charge is -2.31. The van der Waals surface area contributed by atoms with Gasteiger partial charge in [0.2, 0.25) is 11.8 Å². The summed E-state index contributed by atoms with van der Waals surface area (Å²) in [6, 6.07) is 17.4. The Kier molecular flexibility index (Phi) is 18.8. The number of aliphatic hydroxyl groups is 1. The van der Waals surface area contributed by atoms with Gasteiger partial charge in [0, 0.05) is 43.5 Å². The molecule has 3 N–H and O–H groups in total. The number of rotatable bonds is 22. The van der Waals surface area contributed by atoms with Crippen LogP contribution < -0.4 is 44.1 Å². The number of likely N-dealkylation sites (tertiary alicyclic amines) is 1. The number of carbonyl (C=O) groups is 7. The Morgan fingerprint density at radius 1 is 0.784 bits per heavy atom. The number of methoxy groups -OCH3 is 3. The Hall–Kier alpha value is -9.25. The summed E-state index contributed by atoms with van der Waals surface area (Å²) in [5, 5.41) is 18.0. The van der Waals surface area contributed by atoms with E-state index < -0.39 is 60.5 Å². The highest BCUT2D eigenvalue weighted by atomic mass is 16.6. The maximum Gasteiger partial charge on any atom is 0.416 e. The standard InChI is InChI=1S/C65H75N7O16/c1-8-25-86-62(78)68-24-11-13-48(68)57(73)67-56(39(4)10-3)58(74)66-43-18-14-40(15-19-43)37-88-64(80)72-50-33-55(53(83-7)31-47(50)60(76)71-38-65(22-23-65)34-51(71)61(72)77)85-28-12-27-84-54-32-49-46(30-52(54)82-6)59(75)69-35-42(41-16-20-45(81-5)21-17-41)29-44(69)36-70(49)63(79)87-26-9-2/h8-9,14-21,30-33,35,39,44,48,51,56,61,77H,1-2,10-13,22-29,34,36-38H2,3-7H3,(H,66,74)(H,67,73)/t39-,44-,48-,51-,56-,61?/m0/s1. The molecule has 0 aromatic heterocycles. The summed E-state index contributed by atoms with van der Waals surface area (Å²) in [5.41, 5.74) is 3.28. The van der Waals surface area contributed by atoms with Crippen LogP contribution in [0, 0.1) is 11.3 Å². The first kappa shape index (κ1) is 61.8. The van der Waals surface area contributed by atoms with Crippen LogP contribution in [-0.4, -0.2) is 160 Å². The molecule has 23 heteroatoms. The minimum Gasteiger partial charge on any atom is -0.497 e. The number of hydrogen-bond acceptors (Lipinski definition) is 16. The second kappa shape index (κ2) is 26.8. The van der Waals surface area contributed by atoms with Crippen LogP contribution in [0.15, 0.2) is 104 Å². The number of aliphatic hydroxyl groups excluding tert-OH is 1. The van der Waals surface area contributed by atoms with E-state index in [0.717, 1.165) is 28.9 Å². The number of benzene rings is 4. The quantitative estimate of drug-likeness (QED) is 0.0378. The summed E-state index contributed by atoms with van der Waals surface area (Å²) in [6.45, 7) is 11.7. The Balaban J connectivity index is 0.815. The SMILES string of the molecule is C=CCOC(=O)N1C[C@@H]2CC(c3ccc(OC)cc3)=CN2C(=O)c2cc(OC)c(OCCCOc3cc4c(cc3OC)C(=O)N3CC5(CC5)C[C@H]3C(O)N4C(=O)OCc3ccc(NC(=O)[C@@H](NC(=O)[C@@H]4CCCN4C(=O)OCC=C)[C@@H](C)CC)cc3)cc21. The Labute approximate surface area is 510 Å². The van der Waals surface area contributed by atoms with Crippen LogP contribution in [0.4, 0.5) is 31.4 Å². The lowest BCUT2D eigenvalue weighted by atomic mass is 9.97. The summed E-state index contributed by atoms with van der Waals surface area (Å²) in [4.78, 5) is 104. The smallest absolute Gasteiger partial charge is 0.416 e. The van der Waals surface area contributed by atoms with E-state index in [0.29, 0.717) is 62.2 Å². The lowest BCUT2D eigenvalue weighted by molar-refractivity contribution is -0.130. The van der Waals surface area contributed by atoms with E-state index in [-0.39, 0.29) is 115 Å². The van der Waals surface area contributed by atoms with Gasteiger partial charge in [0.05, 0.1) is 75.7 Å². The van der Waals surface area contributed by atoms with Gasteiger partial charge in [0.25, 0.3) is 11.8 Å². The predicted octanol–water partition coefficient (Wildman–Crippen LogP) is 8.68. The van der Waals surface area contributed by atoms with Gasteiger partial charge in [-0.1, -0.05) is 69.8 Å². The van der Waals surface area contributed by atoms with Gasteiger partial charge < -0.3 is 63.4 Å². The van der Waals surface area contributed by atoms with E-state index in [1.54, 1.807) is 53.3 Å². The molecule has 1 spiro atoms. The molecule has 3 fully saturated rings. The summed E-state index contributed by atoms with van der Waals surface area (Å²) in [5.74, 6) is -0.325. The van der Waals surface area contributed by atoms with Gasteiger partial charge in [-0.25, -0.2) is 19.3 Å². The third-order valence-electron chi connectivity index (χ3n) is 17.2. The fourth-order valence-corrected chi connectivity index (χ4v) is 12.1. The van der Waals surface area contributed by atoms with Crippen molar-refractivity contribution in [1.82, 2.24) is 20.0 Å². The topological polar surface area (TPSA) is 254 Å². The number of fused-ring (bicyclic) bond motifs is 4. The minimum absolute atomic E-state index is 0.00766. The van der Waals surface area contributed by atoms with Crippen molar-refractivity contribution in [1.29, 1.82) is 0 Å². The average molecular weight is 1210 g/mol. The van der Waals surface area contributed by atoms with Crippen molar-refractivity contribution in [2.75, 3.05) is 82.5 Å². The van der Waals surface area contributed by atoms with Gasteiger partial charge in [0.15, 0.2) is 29.2 Å². The number of carbonyl (C=O) groups excluding carboxylic acids is 7. The van der Waals surface area contributed by atoms with Crippen LogP contribution in [0.5, 0.6) is 28.7 Å². The third kappa shape index (κ3) is 12.9. The first-order valence-electron chi connectivity index (χ1n) is 29.6. The third-order valence-corrected chi connectivity index (χ3v) is 17.2. The fraction of sp³-hybridized carbons (Fsp3) is 0.431. The molecule has 88 heavy (non-hydrogen) atoms. The minimum atomic E-state index is -1.50. The Morgan fingerprint density at radius 2 is 1.43 bits per heavy atom. The molecule has 6 atom stereocenters. The maximum atomic E-state index is 14.5. The Morgan fingerprint density at radius 3 is 2.06 bits per heavy atom. The molecular formula is C65H75N7O16. The number of nitrogens with one attached hydrogen (secondary N) is 2. The van der Waals surface area contributed by atoms with Crippen molar-refractivity contribution >= 4 is 64.5 Å². The molecule has 5 aliphatic heterocycles. The summed E-state index contributed by atoms with van der Waals surface area (Å²) in [7, 11) is 4.47. The molecule has 0 radical (unpaired) electrons. The molecular weight excluding hydrogens is 1130 g/mol. The van der Waals surface area contributed by atoms with Crippen LogP contribution in [-0.2, 0) is 30.4 Å². The van der Waals surface area contributed by atoms with Gasteiger partial charge >= 0.3 is 18.3 Å². The van der Waals surface area contributed by atoms with Crippen molar-refractivity contribution in [3.63, 3.8) is 0 Å². The molecule has 1 aliphatic carbocycles. The summed E-state index contributed by atoms with van der Waals surface area (Å²) >= 11 is 0. The van der Waals surface area contributed by atoms with Crippen LogP contribution in [0.3, 0.4) is 0 Å². The fourth-order valence-electron chi connectivity index (χ4n) is 12.1. The summed E-state index contributed by atoms with van der Waals surface area (Å²) < 4.78 is 46.1. The molecule has 4 aromatic carbocycles. The molecule has 23 nitrogen and oxygen atoms in total. The molecule has 5 heterocycles. The predicted molar refractivity (Wildman–Crippen MR) is 324 cm³/mol. The number of ether oxygens (including phenoxy) is 8. The van der Waals surface area contributed by atoms with Crippen LogP contribution in [0.1, 0.15) is 97.1 Å². The first-order valence-corrected chi connectivity index (χ1v) is 29.6. The molecule has 1 saturated carbocycles. The van der Waals surface area contributed by atoms with Gasteiger partial charge in [-0.3, -0.25) is 29.0 Å². The second-order valence-corrected chi connectivity index (χ2v) is 22.8. The zero-order chi connectivity index (χ0) is 62.4. The summed E-state index contributed by atoms with van der Waals surface area (Å²) in [6.07, 6.45) is 5.63. The van der Waals surface area contributed by atoms with Gasteiger partial charge in [-0.2, -0.15) is 0 Å². The molecule has 6 aliphatic rings. The van der Waals surface area contributed by atoms with E-state index in [2.05, 4.69) is 23.8 Å². The molecule has 10 rings (SSSR count). The van der Waals surface area contributed by atoms with Gasteiger partial charge in [0.1, 0.15) is 37.7 Å². The van der Waals surface area contributed by atoms with E-state index in [9.17, 15) is 38.7 Å². The van der Waals surface area contributed by atoms with Crippen LogP contribution in [0.25, 0.3) is 5.57 Å². The van der Waals surface area contributed by atoms with E-state index in [1.807, 2.05) is 44.3 Å². The van der Waals surface area contributed by atoms with Crippen molar-refractivity contribution < 1.29 is 76.6 Å². The molecule has 2 saturated heterocycles. The molecule has 0 bridgehead atoms. The van der Waals surface area contributed by atoms with Gasteiger partial charge in [-0.05, 0) is 103 Å². The number of anilines is 3. The van der Waals surface area contributed by atoms with Crippen molar-refractivity contribution in [3.05, 3.63) is 127 Å². The molecule has 466 valence electrons. The second-order valence-electron chi connectivity index (χ2n) is 22.8. The largest absolute Gasteiger partial charge is 0.497 e. The monoisotopic (exact) mass is 1210 g/mol. The van der Waals surface area contributed by atoms with Crippen molar-refractivity contribution in [3.8, 4) is 28.7 Å². The van der Waals surface area contributed by atoms with Gasteiger partial charge in [-0.15, -0.1) is 0 Å².